The van der Waals surface area contributed by atoms with Crippen LogP contribution in [0, 0.1) is 5.92 Å². The van der Waals surface area contributed by atoms with Crippen LogP contribution < -0.4 is 4.74 Å². The molecule has 8 heteroatoms. The van der Waals surface area contributed by atoms with Gasteiger partial charge in [0.2, 0.25) is 0 Å². The van der Waals surface area contributed by atoms with Gasteiger partial charge in [0, 0.05) is 44.1 Å². The first-order valence-corrected chi connectivity index (χ1v) is 12.5. The van der Waals surface area contributed by atoms with Gasteiger partial charge in [0.1, 0.15) is 11.4 Å². The van der Waals surface area contributed by atoms with E-state index in [1.165, 1.54) is 11.8 Å². The number of benzene rings is 1. The van der Waals surface area contributed by atoms with Crippen LogP contribution in [0.4, 0.5) is 0 Å². The van der Waals surface area contributed by atoms with Crippen molar-refractivity contribution >= 4 is 17.5 Å². The third-order valence-corrected chi connectivity index (χ3v) is 7.03. The Labute approximate surface area is 205 Å². The fourth-order valence-electron chi connectivity index (χ4n) is 3.89. The maximum absolute atomic E-state index is 13.2. The number of nitrogens with zero attached hydrogens (tertiary/aromatic N) is 2. The van der Waals surface area contributed by atoms with E-state index in [0.29, 0.717) is 54.3 Å². The number of aromatic nitrogens is 2. The molecule has 0 bridgehead atoms. The van der Waals surface area contributed by atoms with E-state index in [1.807, 2.05) is 54.2 Å². The molecule has 1 aliphatic carbocycles. The zero-order valence-corrected chi connectivity index (χ0v) is 20.4. The van der Waals surface area contributed by atoms with E-state index >= 15 is 0 Å². The van der Waals surface area contributed by atoms with Crippen LogP contribution in [0.15, 0.2) is 70.5 Å². The van der Waals surface area contributed by atoms with Crippen molar-refractivity contribution < 1.29 is 24.9 Å². The molecule has 1 aromatic carbocycles. The second-order valence-electron chi connectivity index (χ2n) is 8.58. The van der Waals surface area contributed by atoms with Crippen molar-refractivity contribution in [3.05, 3.63) is 65.4 Å². The number of allylic oxidation sites excluding steroid dienone is 2. The molecule has 184 valence electrons. The highest BCUT2D eigenvalue weighted by Crippen LogP contribution is 2.41. The molecule has 0 amide bonds. The maximum atomic E-state index is 13.2. The number of aliphatic hydroxyl groups excluding tert-OH is 2. The highest BCUT2D eigenvalue weighted by atomic mass is 32.2. The van der Waals surface area contributed by atoms with Crippen molar-refractivity contribution in [3.8, 4) is 5.75 Å². The second-order valence-corrected chi connectivity index (χ2v) is 9.59. The number of carbonyl (C=O) groups is 1. The zero-order chi connectivity index (χ0) is 24.4. The van der Waals surface area contributed by atoms with Gasteiger partial charge in [-0.3, -0.25) is 4.79 Å². The molecule has 34 heavy (non-hydrogen) atoms. The van der Waals surface area contributed by atoms with E-state index < -0.39 is 5.60 Å². The first-order chi connectivity index (χ1) is 16.5. The fourth-order valence-corrected chi connectivity index (χ4v) is 4.86. The Morgan fingerprint density at radius 2 is 1.94 bits per heavy atom. The van der Waals surface area contributed by atoms with Crippen LogP contribution in [0.25, 0.3) is 0 Å². The van der Waals surface area contributed by atoms with E-state index in [0.717, 1.165) is 12.2 Å². The van der Waals surface area contributed by atoms with Crippen molar-refractivity contribution in [1.82, 2.24) is 9.55 Å². The number of thioether (sulfide) groups is 1. The lowest BCUT2D eigenvalue weighted by Gasteiger charge is -2.22. The lowest BCUT2D eigenvalue weighted by molar-refractivity contribution is -0.112. The van der Waals surface area contributed by atoms with E-state index in [9.17, 15) is 20.1 Å². The number of rotatable bonds is 14. The van der Waals surface area contributed by atoms with Crippen molar-refractivity contribution in [3.63, 3.8) is 0 Å². The summed E-state index contributed by atoms with van der Waals surface area (Å²) in [6, 6.07) is 9.61. The predicted molar refractivity (Wildman–Crippen MR) is 132 cm³/mol. The second kappa shape index (κ2) is 12.9. The Morgan fingerprint density at radius 1 is 1.18 bits per heavy atom. The lowest BCUT2D eigenvalue weighted by Crippen LogP contribution is -2.28. The Kier molecular flexibility index (Phi) is 9.95. The number of unbranched alkanes of at least 4 members (excludes halogenated alkanes) is 2. The number of hydrogen-bond donors (Lipinski definition) is 3. The van der Waals surface area contributed by atoms with Gasteiger partial charge in [-0.05, 0) is 68.5 Å². The van der Waals surface area contributed by atoms with Crippen molar-refractivity contribution in [2.45, 2.75) is 49.3 Å². The highest BCUT2D eigenvalue weighted by Gasteiger charge is 2.41. The molecule has 7 nitrogen and oxygen atoms in total. The smallest absolute Gasteiger partial charge is 0.198 e. The first kappa shape index (κ1) is 26.2. The molecule has 3 rings (SSSR count). The molecule has 0 saturated heterocycles. The SMILES string of the molecule is Cn1ccnc1SC1=CC(O)(CCCCOc2ccccc2)/C(=C\CCCC(CO)CO)C1=O. The highest BCUT2D eigenvalue weighted by molar-refractivity contribution is 8.03. The van der Waals surface area contributed by atoms with Crippen LogP contribution in [0.3, 0.4) is 0 Å². The minimum absolute atomic E-state index is 0.0625. The number of Topliss-reactive ketones (excluding diaryl/α,β-unsaturated/α-hetero) is 1. The van der Waals surface area contributed by atoms with Crippen LogP contribution in [0.2, 0.25) is 0 Å². The number of aryl methyl sites for hydroxylation is 1. The van der Waals surface area contributed by atoms with Crippen LogP contribution in [0.5, 0.6) is 5.75 Å². The molecule has 0 fully saturated rings. The number of aliphatic hydroxyl groups is 3. The summed E-state index contributed by atoms with van der Waals surface area (Å²) in [5, 5.41) is 30.7. The van der Waals surface area contributed by atoms with E-state index in [-0.39, 0.29) is 24.9 Å². The predicted octanol–water partition coefficient (Wildman–Crippen LogP) is 3.66. The average Bonchev–Trinajstić information content (AvgIpc) is 3.35. The summed E-state index contributed by atoms with van der Waals surface area (Å²) in [6.07, 6.45) is 10.8. The van der Waals surface area contributed by atoms with Gasteiger partial charge in [-0.15, -0.1) is 0 Å². The third kappa shape index (κ3) is 7.06. The van der Waals surface area contributed by atoms with E-state index in [1.54, 1.807) is 12.3 Å². The largest absolute Gasteiger partial charge is 0.494 e. The average molecular weight is 487 g/mol. The number of ketones is 1. The molecular weight excluding hydrogens is 452 g/mol. The Morgan fingerprint density at radius 3 is 2.62 bits per heavy atom. The molecule has 1 aromatic heterocycles. The Bertz CT molecular complexity index is 984. The molecular formula is C26H34N2O5S. The summed E-state index contributed by atoms with van der Waals surface area (Å²) in [7, 11) is 1.86. The minimum atomic E-state index is -1.33. The molecule has 1 atom stereocenters. The number of para-hydroxylation sites is 1. The van der Waals surface area contributed by atoms with Gasteiger partial charge in [-0.1, -0.05) is 24.3 Å². The van der Waals surface area contributed by atoms with Crippen LogP contribution in [-0.4, -0.2) is 56.1 Å². The molecule has 3 N–H and O–H groups in total. The van der Waals surface area contributed by atoms with Gasteiger partial charge in [0.05, 0.1) is 11.5 Å². The van der Waals surface area contributed by atoms with E-state index in [2.05, 4.69) is 4.98 Å². The van der Waals surface area contributed by atoms with Crippen molar-refractivity contribution in [1.29, 1.82) is 0 Å². The number of ether oxygens (including phenoxy) is 1. The quantitative estimate of drug-likeness (QED) is 0.276. The molecule has 2 aromatic rings. The maximum Gasteiger partial charge on any atom is 0.198 e. The summed E-state index contributed by atoms with van der Waals surface area (Å²) in [5.74, 6) is 0.487. The van der Waals surface area contributed by atoms with Gasteiger partial charge in [0.25, 0.3) is 0 Å². The molecule has 1 aliphatic rings. The summed E-state index contributed by atoms with van der Waals surface area (Å²) in [5.41, 5.74) is -0.928. The lowest BCUT2D eigenvalue weighted by atomic mass is 9.89. The van der Waals surface area contributed by atoms with Gasteiger partial charge in [-0.25, -0.2) is 4.98 Å². The Balaban J connectivity index is 1.64. The summed E-state index contributed by atoms with van der Waals surface area (Å²) >= 11 is 1.26. The van der Waals surface area contributed by atoms with Gasteiger partial charge >= 0.3 is 0 Å². The van der Waals surface area contributed by atoms with Gasteiger partial charge in [0.15, 0.2) is 10.9 Å². The first-order valence-electron chi connectivity index (χ1n) is 11.7. The number of hydrogen-bond acceptors (Lipinski definition) is 7. The molecule has 0 spiro atoms. The van der Waals surface area contributed by atoms with Crippen LogP contribution in [-0.2, 0) is 11.8 Å². The van der Waals surface area contributed by atoms with Gasteiger partial charge < -0.3 is 24.6 Å². The normalized spacial score (nSPS) is 19.3. The molecule has 0 saturated carbocycles. The summed E-state index contributed by atoms with van der Waals surface area (Å²) in [6.45, 7) is 0.412. The van der Waals surface area contributed by atoms with Crippen molar-refractivity contribution in [2.75, 3.05) is 19.8 Å². The number of carbonyl (C=O) groups excluding carboxylic acids is 1. The van der Waals surface area contributed by atoms with E-state index in [4.69, 9.17) is 4.74 Å². The summed E-state index contributed by atoms with van der Waals surface area (Å²) in [4.78, 5) is 18.0. The topological polar surface area (TPSA) is 105 Å². The van der Waals surface area contributed by atoms with Gasteiger partial charge in [-0.2, -0.15) is 0 Å². The molecule has 0 aliphatic heterocycles. The monoisotopic (exact) mass is 486 g/mol. The fraction of sp³-hybridized carbons (Fsp3) is 0.462. The van der Waals surface area contributed by atoms with Crippen molar-refractivity contribution in [2.24, 2.45) is 13.0 Å². The minimum Gasteiger partial charge on any atom is -0.494 e. The molecule has 1 unspecified atom stereocenters. The standard InChI is InChI=1S/C26H34N2O5S/c1-28-15-14-27-25(28)34-23-17-26(32,13-7-8-16-33-21-10-3-2-4-11-21)22(24(23)31)12-6-5-9-20(18-29)19-30/h2-4,10-12,14-15,17,20,29-30,32H,5-9,13,16,18-19H2,1H3/b22-12-. The summed E-state index contributed by atoms with van der Waals surface area (Å²) < 4.78 is 7.58. The third-order valence-electron chi connectivity index (χ3n) is 5.93. The zero-order valence-electron chi connectivity index (χ0n) is 19.6. The number of imidazole rings is 1. The molecule has 0 radical (unpaired) electrons. The van der Waals surface area contributed by atoms with Crippen LogP contribution in [0.1, 0.15) is 38.5 Å². The Hall–Kier alpha value is -2.39. The van der Waals surface area contributed by atoms with Crippen LogP contribution >= 0.6 is 11.8 Å². The molecule has 1 heterocycles.